The number of ketones is 1. The highest BCUT2D eigenvalue weighted by molar-refractivity contribution is 7.18. The van der Waals surface area contributed by atoms with Crippen molar-refractivity contribution in [1.82, 2.24) is 4.98 Å². The Kier molecular flexibility index (Phi) is 4.55. The molecule has 0 amide bonds. The van der Waals surface area contributed by atoms with Gasteiger partial charge in [-0.2, -0.15) is 13.2 Å². The van der Waals surface area contributed by atoms with Crippen LogP contribution in [0.3, 0.4) is 0 Å². The van der Waals surface area contributed by atoms with Crippen molar-refractivity contribution in [1.29, 1.82) is 0 Å². The van der Waals surface area contributed by atoms with Crippen molar-refractivity contribution in [2.75, 3.05) is 0 Å². The summed E-state index contributed by atoms with van der Waals surface area (Å²) in [6.07, 6.45) is -4.41. The Morgan fingerprint density at radius 2 is 1.89 bits per heavy atom. The van der Waals surface area contributed by atoms with Crippen LogP contribution in [0.2, 0.25) is 0 Å². The molecule has 0 aliphatic heterocycles. The summed E-state index contributed by atoms with van der Waals surface area (Å²) in [5, 5.41) is 2.27. The Balaban J connectivity index is 1.68. The van der Waals surface area contributed by atoms with Gasteiger partial charge < -0.3 is 4.74 Å². The van der Waals surface area contributed by atoms with E-state index < -0.39 is 11.7 Å². The van der Waals surface area contributed by atoms with Crippen LogP contribution in [0.15, 0.2) is 54.6 Å². The maximum absolute atomic E-state index is 12.9. The van der Waals surface area contributed by atoms with E-state index >= 15 is 0 Å². The smallest absolute Gasteiger partial charge is 0.416 e. The number of fused-ring (bicyclic) bond motifs is 2. The van der Waals surface area contributed by atoms with Crippen molar-refractivity contribution >= 4 is 38.1 Å². The van der Waals surface area contributed by atoms with Crippen LogP contribution in [0, 0.1) is 0 Å². The molecular weight excluding hydrogens is 387 g/mol. The van der Waals surface area contributed by atoms with Crippen LogP contribution in [0.25, 0.3) is 21.0 Å². The molecule has 0 saturated carbocycles. The Hall–Kier alpha value is -2.93. The maximum Gasteiger partial charge on any atom is 0.416 e. The van der Waals surface area contributed by atoms with E-state index in [0.717, 1.165) is 22.9 Å². The number of benzene rings is 3. The average Bonchev–Trinajstić information content (AvgIpc) is 3.07. The van der Waals surface area contributed by atoms with Gasteiger partial charge in [-0.05, 0) is 36.6 Å². The first kappa shape index (κ1) is 18.4. The SMILES string of the molecule is CC(=O)c1ccc2ccccc2c1OCc1nc2cc(C(F)(F)F)ccc2s1. The second-order valence-electron chi connectivity index (χ2n) is 6.30. The van der Waals surface area contributed by atoms with Gasteiger partial charge in [-0.25, -0.2) is 4.98 Å². The molecule has 142 valence electrons. The van der Waals surface area contributed by atoms with Crippen LogP contribution in [-0.2, 0) is 12.8 Å². The minimum absolute atomic E-state index is 0.0645. The fourth-order valence-corrected chi connectivity index (χ4v) is 3.88. The summed E-state index contributed by atoms with van der Waals surface area (Å²) < 4.78 is 45.2. The van der Waals surface area contributed by atoms with E-state index in [-0.39, 0.29) is 17.9 Å². The fraction of sp³-hybridized carbons (Fsp3) is 0.143. The zero-order chi connectivity index (χ0) is 19.9. The number of alkyl halides is 3. The van der Waals surface area contributed by atoms with Crippen molar-refractivity contribution in [2.24, 2.45) is 0 Å². The van der Waals surface area contributed by atoms with E-state index in [1.54, 1.807) is 6.07 Å². The maximum atomic E-state index is 12.9. The zero-order valence-electron chi connectivity index (χ0n) is 14.7. The number of hydrogen-bond acceptors (Lipinski definition) is 4. The summed E-state index contributed by atoms with van der Waals surface area (Å²) in [5.74, 6) is 0.334. The molecule has 0 N–H and O–H groups in total. The predicted molar refractivity (Wildman–Crippen MR) is 103 cm³/mol. The molecule has 0 saturated heterocycles. The molecule has 0 unspecified atom stereocenters. The molecule has 7 heteroatoms. The van der Waals surface area contributed by atoms with E-state index in [4.69, 9.17) is 4.74 Å². The minimum Gasteiger partial charge on any atom is -0.485 e. The van der Waals surface area contributed by atoms with E-state index in [2.05, 4.69) is 4.98 Å². The Bertz CT molecular complexity index is 1200. The third kappa shape index (κ3) is 3.45. The molecule has 4 aromatic rings. The highest BCUT2D eigenvalue weighted by atomic mass is 32.1. The molecule has 0 fully saturated rings. The molecule has 28 heavy (non-hydrogen) atoms. The van der Waals surface area contributed by atoms with Crippen LogP contribution in [-0.4, -0.2) is 10.8 Å². The number of Topliss-reactive ketones (excluding diaryl/α,β-unsaturated/α-hetero) is 1. The number of carbonyl (C=O) groups is 1. The van der Waals surface area contributed by atoms with Gasteiger partial charge in [0.1, 0.15) is 17.4 Å². The number of thiazole rings is 1. The lowest BCUT2D eigenvalue weighted by atomic mass is 10.0. The number of carbonyl (C=O) groups excluding carboxylic acids is 1. The number of nitrogens with zero attached hydrogens (tertiary/aromatic N) is 1. The number of hydrogen-bond donors (Lipinski definition) is 0. The first-order chi connectivity index (χ1) is 13.3. The van der Waals surface area contributed by atoms with Gasteiger partial charge in [0, 0.05) is 5.39 Å². The summed E-state index contributed by atoms with van der Waals surface area (Å²) in [5.41, 5.74) is 0.00740. The molecule has 4 rings (SSSR count). The number of rotatable bonds is 4. The molecule has 0 bridgehead atoms. The largest absolute Gasteiger partial charge is 0.485 e. The van der Waals surface area contributed by atoms with E-state index in [1.165, 1.54) is 24.3 Å². The number of halogens is 3. The molecule has 3 aromatic carbocycles. The fourth-order valence-electron chi connectivity index (χ4n) is 3.02. The molecule has 0 atom stereocenters. The molecule has 1 aromatic heterocycles. The van der Waals surface area contributed by atoms with Gasteiger partial charge in [0.2, 0.25) is 0 Å². The third-order valence-corrected chi connectivity index (χ3v) is 5.37. The van der Waals surface area contributed by atoms with Gasteiger partial charge in [-0.15, -0.1) is 11.3 Å². The van der Waals surface area contributed by atoms with Gasteiger partial charge in [0.05, 0.1) is 21.3 Å². The topological polar surface area (TPSA) is 39.2 Å². The van der Waals surface area contributed by atoms with Gasteiger partial charge in [-0.1, -0.05) is 30.3 Å². The van der Waals surface area contributed by atoms with Gasteiger partial charge in [-0.3, -0.25) is 4.79 Å². The van der Waals surface area contributed by atoms with Crippen molar-refractivity contribution < 1.29 is 22.7 Å². The first-order valence-corrected chi connectivity index (χ1v) is 9.27. The van der Waals surface area contributed by atoms with Crippen LogP contribution >= 0.6 is 11.3 Å². The van der Waals surface area contributed by atoms with Gasteiger partial charge in [0.15, 0.2) is 5.78 Å². The number of aromatic nitrogens is 1. The van der Waals surface area contributed by atoms with E-state index in [0.29, 0.717) is 21.0 Å². The van der Waals surface area contributed by atoms with E-state index in [1.807, 2.05) is 30.3 Å². The Morgan fingerprint density at radius 1 is 1.11 bits per heavy atom. The quantitative estimate of drug-likeness (QED) is 0.380. The average molecular weight is 401 g/mol. The summed E-state index contributed by atoms with van der Waals surface area (Å²) in [6.45, 7) is 1.53. The van der Waals surface area contributed by atoms with Crippen molar-refractivity contribution in [3.63, 3.8) is 0 Å². The van der Waals surface area contributed by atoms with E-state index in [9.17, 15) is 18.0 Å². The molecule has 0 spiro atoms. The van der Waals surface area contributed by atoms with Gasteiger partial charge >= 0.3 is 6.18 Å². The summed E-state index contributed by atoms with van der Waals surface area (Å²) in [7, 11) is 0. The van der Waals surface area contributed by atoms with Crippen LogP contribution in [0.4, 0.5) is 13.2 Å². The molecule has 0 aliphatic rings. The lowest BCUT2D eigenvalue weighted by Crippen LogP contribution is -2.04. The molecule has 1 heterocycles. The Labute approximate surface area is 162 Å². The Morgan fingerprint density at radius 3 is 2.64 bits per heavy atom. The second-order valence-corrected chi connectivity index (χ2v) is 7.41. The van der Waals surface area contributed by atoms with Crippen molar-refractivity contribution in [3.05, 3.63) is 70.7 Å². The minimum atomic E-state index is -4.41. The molecule has 0 aliphatic carbocycles. The monoisotopic (exact) mass is 401 g/mol. The predicted octanol–water partition coefficient (Wildman–Crippen LogP) is 6.25. The number of ether oxygens (including phenoxy) is 1. The highest BCUT2D eigenvalue weighted by Crippen LogP contribution is 2.34. The van der Waals surface area contributed by atoms with Gasteiger partial charge in [0.25, 0.3) is 0 Å². The van der Waals surface area contributed by atoms with Crippen molar-refractivity contribution in [2.45, 2.75) is 19.7 Å². The second kappa shape index (κ2) is 6.91. The summed E-state index contributed by atoms with van der Waals surface area (Å²) in [4.78, 5) is 16.3. The van der Waals surface area contributed by atoms with Crippen molar-refractivity contribution in [3.8, 4) is 5.75 Å². The standard InChI is InChI=1S/C21H14F3NO2S/c1-12(26)15-8-6-13-4-2-3-5-16(13)20(15)27-11-19-25-17-10-14(21(22,23)24)7-9-18(17)28-19/h2-10H,11H2,1H3. The van der Waals surface area contributed by atoms with Crippen LogP contribution in [0.5, 0.6) is 5.75 Å². The van der Waals surface area contributed by atoms with Crippen LogP contribution < -0.4 is 4.74 Å². The lowest BCUT2D eigenvalue weighted by Gasteiger charge is -2.12. The normalized spacial score (nSPS) is 11.9. The summed E-state index contributed by atoms with van der Waals surface area (Å²) in [6, 6.07) is 14.6. The third-order valence-electron chi connectivity index (χ3n) is 4.36. The summed E-state index contributed by atoms with van der Waals surface area (Å²) >= 11 is 1.27. The highest BCUT2D eigenvalue weighted by Gasteiger charge is 2.30. The molecule has 3 nitrogen and oxygen atoms in total. The molecule has 0 radical (unpaired) electrons. The lowest BCUT2D eigenvalue weighted by molar-refractivity contribution is -0.137. The zero-order valence-corrected chi connectivity index (χ0v) is 15.5. The van der Waals surface area contributed by atoms with Crippen LogP contribution in [0.1, 0.15) is 27.9 Å². The first-order valence-electron chi connectivity index (χ1n) is 8.45. The molecular formula is C21H14F3NO2S.